The molecule has 0 saturated heterocycles. The number of carboxylic acids is 1. The topological polar surface area (TPSA) is 37.3 Å². The Hall–Kier alpha value is -0.950. The summed E-state index contributed by atoms with van der Waals surface area (Å²) in [6.45, 7) is 0. The predicted molar refractivity (Wildman–Crippen MR) is 57.3 cm³/mol. The lowest BCUT2D eigenvalue weighted by atomic mass is 10.1. The third-order valence-corrected chi connectivity index (χ3v) is 4.51. The van der Waals surface area contributed by atoms with Gasteiger partial charge in [0.25, 0.3) is 0 Å². The summed E-state index contributed by atoms with van der Waals surface area (Å²) >= 11 is 6.22. The second-order valence-corrected chi connectivity index (χ2v) is 5.24. The summed E-state index contributed by atoms with van der Waals surface area (Å²) in [5.41, 5.74) is -1.44. The molecule has 18 heavy (non-hydrogen) atoms. The van der Waals surface area contributed by atoms with Crippen LogP contribution >= 0.6 is 23.4 Å². The van der Waals surface area contributed by atoms with E-state index < -0.39 is 39.0 Å². The van der Waals surface area contributed by atoms with E-state index in [-0.39, 0.29) is 5.56 Å². The number of thioether (sulfide) groups is 1. The molecule has 0 spiro atoms. The predicted octanol–water partition coefficient (Wildman–Crippen LogP) is 3.68. The lowest BCUT2D eigenvalue weighted by Gasteiger charge is -2.12. The van der Waals surface area contributed by atoms with Gasteiger partial charge in [0.2, 0.25) is 0 Å². The normalized spacial score (nSPS) is 22.9. The molecule has 0 aromatic heterocycles. The van der Waals surface area contributed by atoms with Crippen LogP contribution in [-0.2, 0) is 11.0 Å². The van der Waals surface area contributed by atoms with Crippen LogP contribution < -0.4 is 0 Å². The van der Waals surface area contributed by atoms with Gasteiger partial charge in [-0.2, -0.15) is 13.2 Å². The number of alkyl halides is 4. The number of aliphatic carboxylic acids is 1. The van der Waals surface area contributed by atoms with E-state index in [0.29, 0.717) is 17.8 Å². The minimum atomic E-state index is -4.88. The number of fused-ring (bicyclic) bond motifs is 1. The molecule has 1 N–H and O–H groups in total. The first-order valence-corrected chi connectivity index (χ1v) is 5.98. The summed E-state index contributed by atoms with van der Waals surface area (Å²) in [5, 5.41) is 6.49. The van der Waals surface area contributed by atoms with E-state index >= 15 is 0 Å². The van der Waals surface area contributed by atoms with E-state index in [1.807, 2.05) is 0 Å². The lowest BCUT2D eigenvalue weighted by molar-refractivity contribution is -0.142. The molecule has 2 unspecified atom stereocenters. The number of hydrogen-bond donors (Lipinski definition) is 1. The second kappa shape index (κ2) is 4.31. The first-order chi connectivity index (χ1) is 8.23. The average molecular weight is 301 g/mol. The van der Waals surface area contributed by atoms with Gasteiger partial charge in [-0.25, -0.2) is 4.39 Å². The lowest BCUT2D eigenvalue weighted by Crippen LogP contribution is -2.17. The zero-order valence-electron chi connectivity index (χ0n) is 8.46. The van der Waals surface area contributed by atoms with Gasteiger partial charge in [0.15, 0.2) is 0 Å². The standard InChI is InChI=1S/C10H5ClF4O2S/c11-6-3-1-2-4(12)5(10(13,14)15)7(3)18-8(6)9(16)17/h1-2,6,8H,(H,16,17). The Bertz CT molecular complexity index is 517. The molecular weight excluding hydrogens is 296 g/mol. The zero-order valence-corrected chi connectivity index (χ0v) is 10.0. The van der Waals surface area contributed by atoms with Gasteiger partial charge < -0.3 is 5.11 Å². The second-order valence-electron chi connectivity index (χ2n) is 3.62. The van der Waals surface area contributed by atoms with Crippen LogP contribution in [0.25, 0.3) is 0 Å². The van der Waals surface area contributed by atoms with Crippen molar-refractivity contribution in [2.75, 3.05) is 0 Å². The van der Waals surface area contributed by atoms with Crippen molar-refractivity contribution in [1.82, 2.24) is 0 Å². The van der Waals surface area contributed by atoms with Crippen molar-refractivity contribution in [3.63, 3.8) is 0 Å². The fraction of sp³-hybridized carbons (Fsp3) is 0.300. The van der Waals surface area contributed by atoms with Crippen molar-refractivity contribution in [3.8, 4) is 0 Å². The number of halogens is 5. The maximum absolute atomic E-state index is 13.3. The molecule has 0 amide bonds. The van der Waals surface area contributed by atoms with E-state index in [9.17, 15) is 22.4 Å². The van der Waals surface area contributed by atoms with Gasteiger partial charge in [0.05, 0.1) is 5.38 Å². The van der Waals surface area contributed by atoms with Gasteiger partial charge in [-0.05, 0) is 11.6 Å². The number of rotatable bonds is 1. The smallest absolute Gasteiger partial charge is 0.420 e. The first-order valence-electron chi connectivity index (χ1n) is 4.66. The summed E-state index contributed by atoms with van der Waals surface area (Å²) in [5.74, 6) is -2.76. The number of carboxylic acid groups (broad SMARTS) is 1. The van der Waals surface area contributed by atoms with Gasteiger partial charge in [0, 0.05) is 4.90 Å². The van der Waals surface area contributed by atoms with Gasteiger partial charge in [-0.15, -0.1) is 23.4 Å². The monoisotopic (exact) mass is 300 g/mol. The van der Waals surface area contributed by atoms with Crippen LogP contribution in [0.1, 0.15) is 16.5 Å². The summed E-state index contributed by atoms with van der Waals surface area (Å²) < 4.78 is 51.4. The fourth-order valence-electron chi connectivity index (χ4n) is 1.71. The van der Waals surface area contributed by atoms with E-state index in [1.165, 1.54) is 0 Å². The van der Waals surface area contributed by atoms with E-state index in [0.717, 1.165) is 6.07 Å². The molecule has 1 aliphatic heterocycles. The summed E-state index contributed by atoms with van der Waals surface area (Å²) in [7, 11) is 0. The quantitative estimate of drug-likeness (QED) is 0.635. The average Bonchev–Trinajstić information content (AvgIpc) is 2.53. The minimum absolute atomic E-state index is 0.00258. The molecule has 2 rings (SSSR count). The summed E-state index contributed by atoms with van der Waals surface area (Å²) in [6.07, 6.45) is -4.88. The van der Waals surface area contributed by atoms with Crippen molar-refractivity contribution in [2.24, 2.45) is 0 Å². The molecule has 0 saturated carbocycles. The first kappa shape index (κ1) is 13.5. The Labute approximate surface area is 108 Å². The Morgan fingerprint density at radius 2 is 2.00 bits per heavy atom. The van der Waals surface area contributed by atoms with Gasteiger partial charge in [-0.1, -0.05) is 6.07 Å². The molecular formula is C10H5ClF4O2S. The van der Waals surface area contributed by atoms with Crippen molar-refractivity contribution < 1.29 is 27.5 Å². The highest BCUT2D eigenvalue weighted by molar-refractivity contribution is 8.01. The Morgan fingerprint density at radius 3 is 2.50 bits per heavy atom. The van der Waals surface area contributed by atoms with Crippen LogP contribution in [0.5, 0.6) is 0 Å². The third-order valence-electron chi connectivity index (χ3n) is 2.47. The molecule has 8 heteroatoms. The number of carbonyl (C=O) groups is 1. The molecule has 98 valence electrons. The van der Waals surface area contributed by atoms with Crippen LogP contribution in [-0.4, -0.2) is 16.3 Å². The summed E-state index contributed by atoms with van der Waals surface area (Å²) in [4.78, 5) is 10.4. The minimum Gasteiger partial charge on any atom is -0.480 e. The Balaban J connectivity index is 2.60. The molecule has 2 atom stereocenters. The molecule has 0 radical (unpaired) electrons. The highest BCUT2D eigenvalue weighted by Crippen LogP contribution is 2.52. The van der Waals surface area contributed by atoms with Crippen LogP contribution in [0.15, 0.2) is 17.0 Å². The van der Waals surface area contributed by atoms with Crippen molar-refractivity contribution in [3.05, 3.63) is 29.1 Å². The maximum atomic E-state index is 13.3. The van der Waals surface area contributed by atoms with E-state index in [2.05, 4.69) is 0 Å². The molecule has 2 nitrogen and oxygen atoms in total. The fourth-order valence-corrected chi connectivity index (χ4v) is 3.50. The molecule has 1 aliphatic rings. The number of hydrogen-bond acceptors (Lipinski definition) is 2. The molecule has 0 aliphatic carbocycles. The molecule has 1 heterocycles. The highest BCUT2D eigenvalue weighted by atomic mass is 35.5. The van der Waals surface area contributed by atoms with Gasteiger partial charge in [0.1, 0.15) is 16.6 Å². The van der Waals surface area contributed by atoms with Gasteiger partial charge in [-0.3, -0.25) is 4.79 Å². The van der Waals surface area contributed by atoms with Crippen molar-refractivity contribution >= 4 is 29.3 Å². The van der Waals surface area contributed by atoms with Crippen LogP contribution in [0.3, 0.4) is 0 Å². The highest BCUT2D eigenvalue weighted by Gasteiger charge is 2.45. The van der Waals surface area contributed by atoms with Crippen LogP contribution in [0.2, 0.25) is 0 Å². The molecule has 0 bridgehead atoms. The van der Waals surface area contributed by atoms with Crippen LogP contribution in [0.4, 0.5) is 17.6 Å². The summed E-state index contributed by atoms with van der Waals surface area (Å²) in [6, 6.07) is 1.75. The third kappa shape index (κ3) is 2.05. The maximum Gasteiger partial charge on any atom is 0.420 e. The van der Waals surface area contributed by atoms with Crippen molar-refractivity contribution in [2.45, 2.75) is 21.7 Å². The van der Waals surface area contributed by atoms with Crippen LogP contribution in [0, 0.1) is 5.82 Å². The van der Waals surface area contributed by atoms with Gasteiger partial charge >= 0.3 is 12.1 Å². The van der Waals surface area contributed by atoms with E-state index in [1.54, 1.807) is 0 Å². The largest absolute Gasteiger partial charge is 0.480 e. The molecule has 1 aromatic rings. The number of benzene rings is 1. The van der Waals surface area contributed by atoms with Crippen molar-refractivity contribution in [1.29, 1.82) is 0 Å². The molecule has 1 aromatic carbocycles. The molecule has 0 fully saturated rings. The Morgan fingerprint density at radius 1 is 1.39 bits per heavy atom. The zero-order chi connectivity index (χ0) is 13.7. The SMILES string of the molecule is O=C(O)C1Sc2c(ccc(F)c2C(F)(F)F)C1Cl. The Kier molecular flexibility index (Phi) is 3.23. The van der Waals surface area contributed by atoms with E-state index in [4.69, 9.17) is 16.7 Å².